The molecule has 1 saturated heterocycles. The van der Waals surface area contributed by atoms with E-state index in [0.29, 0.717) is 37.6 Å². The molecule has 2 heterocycles. The van der Waals surface area contributed by atoms with Crippen molar-refractivity contribution >= 4 is 21.7 Å². The summed E-state index contributed by atoms with van der Waals surface area (Å²) < 4.78 is 29.3. The molecule has 0 spiro atoms. The molecule has 32 heavy (non-hydrogen) atoms. The Hall–Kier alpha value is -2.72. The predicted octanol–water partition coefficient (Wildman–Crippen LogP) is 1.28. The summed E-state index contributed by atoms with van der Waals surface area (Å²) in [5.41, 5.74) is 1.10. The van der Waals surface area contributed by atoms with Gasteiger partial charge in [0, 0.05) is 45.3 Å². The molecule has 0 saturated carbocycles. The van der Waals surface area contributed by atoms with Gasteiger partial charge in [0.15, 0.2) is 15.5 Å². The first kappa shape index (κ1) is 23.9. The van der Waals surface area contributed by atoms with E-state index in [-0.39, 0.29) is 23.1 Å². The first-order valence-corrected chi connectivity index (χ1v) is 12.3. The van der Waals surface area contributed by atoms with E-state index in [0.717, 1.165) is 18.7 Å². The third-order valence-corrected chi connectivity index (χ3v) is 7.66. The number of piperazine rings is 1. The summed E-state index contributed by atoms with van der Waals surface area (Å²) in [4.78, 5) is 28.9. The highest BCUT2D eigenvalue weighted by Gasteiger charge is 2.24. The van der Waals surface area contributed by atoms with Crippen molar-refractivity contribution in [2.75, 3.05) is 39.3 Å². The molecule has 0 atom stereocenters. The Bertz CT molecular complexity index is 1040. The highest BCUT2D eigenvalue weighted by molar-refractivity contribution is 7.92. The molecular formula is C22H30N4O5S. The number of benzene rings is 1. The molecule has 0 radical (unpaired) electrons. The number of aryl methyl sites for hydroxylation is 1. The van der Waals surface area contributed by atoms with Crippen LogP contribution in [0.1, 0.15) is 35.7 Å². The molecule has 1 aliphatic heterocycles. The quantitative estimate of drug-likeness (QED) is 0.629. The van der Waals surface area contributed by atoms with Gasteiger partial charge >= 0.3 is 0 Å². The maximum atomic E-state index is 12.4. The molecule has 1 aliphatic rings. The number of rotatable bonds is 8. The average Bonchev–Trinajstić information content (AvgIpc) is 3.20. The lowest BCUT2D eigenvalue weighted by Gasteiger charge is -2.34. The number of hydrogen-bond donors (Lipinski definition) is 1. The van der Waals surface area contributed by atoms with E-state index >= 15 is 0 Å². The van der Waals surface area contributed by atoms with Gasteiger partial charge in [0.2, 0.25) is 5.91 Å². The van der Waals surface area contributed by atoms with Crippen molar-refractivity contribution in [1.82, 2.24) is 20.3 Å². The van der Waals surface area contributed by atoms with Gasteiger partial charge in [-0.3, -0.25) is 14.5 Å². The molecular weight excluding hydrogens is 432 g/mol. The smallest absolute Gasteiger partial charge is 0.276 e. The molecule has 3 rings (SSSR count). The molecule has 2 aromatic rings. The van der Waals surface area contributed by atoms with Crippen LogP contribution in [0, 0.1) is 6.92 Å². The zero-order chi connectivity index (χ0) is 23.3. The Labute approximate surface area is 188 Å². The van der Waals surface area contributed by atoms with Crippen LogP contribution in [0.5, 0.6) is 0 Å². The van der Waals surface area contributed by atoms with E-state index in [4.69, 9.17) is 4.52 Å². The number of nitrogens with zero attached hydrogens (tertiary/aromatic N) is 3. The minimum absolute atomic E-state index is 0.111. The van der Waals surface area contributed by atoms with Crippen LogP contribution in [-0.4, -0.2) is 79.7 Å². The van der Waals surface area contributed by atoms with Crippen molar-refractivity contribution < 1.29 is 22.5 Å². The highest BCUT2D eigenvalue weighted by atomic mass is 32.2. The molecule has 1 fully saturated rings. The van der Waals surface area contributed by atoms with Crippen LogP contribution >= 0.6 is 0 Å². The van der Waals surface area contributed by atoms with Crippen LogP contribution in [0.3, 0.4) is 0 Å². The predicted molar refractivity (Wildman–Crippen MR) is 119 cm³/mol. The van der Waals surface area contributed by atoms with E-state index < -0.39 is 15.1 Å². The second kappa shape index (κ2) is 10.3. The summed E-state index contributed by atoms with van der Waals surface area (Å²) in [5.74, 6) is 0.376. The van der Waals surface area contributed by atoms with Crippen LogP contribution in [0.2, 0.25) is 0 Å². The standard InChI is InChI=1S/C22H30N4O5S/c1-16(2)32(29,30)19-6-4-18(5-7-19)15-21(27)23-8-9-25-10-12-26(13-11-25)22(28)20-14-17(3)31-24-20/h4-7,14,16H,8-13,15H2,1-3H3,(H,23,27). The van der Waals surface area contributed by atoms with E-state index in [9.17, 15) is 18.0 Å². The number of carbonyl (C=O) groups is 2. The lowest BCUT2D eigenvalue weighted by Crippen LogP contribution is -2.50. The van der Waals surface area contributed by atoms with E-state index in [1.165, 1.54) is 0 Å². The second-order valence-corrected chi connectivity index (χ2v) is 10.7. The number of aromatic nitrogens is 1. The van der Waals surface area contributed by atoms with Crippen LogP contribution in [0.25, 0.3) is 0 Å². The number of carbonyl (C=O) groups excluding carboxylic acids is 2. The van der Waals surface area contributed by atoms with Gasteiger partial charge in [-0.25, -0.2) is 8.42 Å². The fourth-order valence-corrected chi connectivity index (χ4v) is 4.53. The summed E-state index contributed by atoms with van der Waals surface area (Å²) in [7, 11) is -3.31. The molecule has 9 nitrogen and oxygen atoms in total. The Morgan fingerprint density at radius 3 is 2.34 bits per heavy atom. The topological polar surface area (TPSA) is 113 Å². The SMILES string of the molecule is Cc1cc(C(=O)N2CCN(CCNC(=O)Cc3ccc(S(=O)(=O)C(C)C)cc3)CC2)no1. The summed E-state index contributed by atoms with van der Waals surface area (Å²) >= 11 is 0. The lowest BCUT2D eigenvalue weighted by atomic mass is 10.1. The first-order valence-electron chi connectivity index (χ1n) is 10.7. The second-order valence-electron chi connectivity index (χ2n) is 8.22. The lowest BCUT2D eigenvalue weighted by molar-refractivity contribution is -0.120. The maximum Gasteiger partial charge on any atom is 0.276 e. The zero-order valence-corrected chi connectivity index (χ0v) is 19.5. The van der Waals surface area contributed by atoms with Gasteiger partial charge in [0.25, 0.3) is 5.91 Å². The van der Waals surface area contributed by atoms with Crippen molar-refractivity contribution in [3.05, 3.63) is 47.3 Å². The van der Waals surface area contributed by atoms with Gasteiger partial charge in [-0.15, -0.1) is 0 Å². The Kier molecular flexibility index (Phi) is 7.68. The van der Waals surface area contributed by atoms with Crippen LogP contribution in [0.15, 0.2) is 39.8 Å². The Morgan fingerprint density at radius 1 is 1.12 bits per heavy atom. The van der Waals surface area contributed by atoms with E-state index in [2.05, 4.69) is 15.4 Å². The van der Waals surface area contributed by atoms with Crippen molar-refractivity contribution in [3.63, 3.8) is 0 Å². The van der Waals surface area contributed by atoms with Crippen LogP contribution in [-0.2, 0) is 21.1 Å². The van der Waals surface area contributed by atoms with Crippen molar-refractivity contribution in [2.24, 2.45) is 0 Å². The average molecular weight is 463 g/mol. The molecule has 1 N–H and O–H groups in total. The Morgan fingerprint density at radius 2 is 1.78 bits per heavy atom. The fourth-order valence-electron chi connectivity index (χ4n) is 3.47. The number of amides is 2. The van der Waals surface area contributed by atoms with Crippen molar-refractivity contribution in [2.45, 2.75) is 37.3 Å². The molecule has 0 unspecified atom stereocenters. The number of hydrogen-bond acceptors (Lipinski definition) is 7. The monoisotopic (exact) mass is 462 g/mol. The molecule has 0 bridgehead atoms. The van der Waals surface area contributed by atoms with Crippen molar-refractivity contribution in [1.29, 1.82) is 0 Å². The molecule has 1 aromatic heterocycles. The molecule has 10 heteroatoms. The third kappa shape index (κ3) is 5.95. The largest absolute Gasteiger partial charge is 0.361 e. The van der Waals surface area contributed by atoms with Crippen molar-refractivity contribution in [3.8, 4) is 0 Å². The molecule has 174 valence electrons. The summed E-state index contributed by atoms with van der Waals surface area (Å²) in [6, 6.07) is 8.11. The summed E-state index contributed by atoms with van der Waals surface area (Å²) in [6.07, 6.45) is 0.196. The normalized spacial score (nSPS) is 15.2. The maximum absolute atomic E-state index is 12.4. The fraction of sp³-hybridized carbons (Fsp3) is 0.500. The van der Waals surface area contributed by atoms with E-state index in [1.54, 1.807) is 56.0 Å². The van der Waals surface area contributed by atoms with Gasteiger partial charge in [-0.2, -0.15) is 0 Å². The number of nitrogens with one attached hydrogen (secondary N) is 1. The van der Waals surface area contributed by atoms with Gasteiger partial charge in [0.1, 0.15) is 5.76 Å². The minimum Gasteiger partial charge on any atom is -0.361 e. The van der Waals surface area contributed by atoms with E-state index in [1.807, 2.05) is 0 Å². The molecule has 2 amide bonds. The summed E-state index contributed by atoms with van der Waals surface area (Å²) in [5, 5.41) is 6.20. The number of sulfone groups is 1. The van der Waals surface area contributed by atoms with Gasteiger partial charge in [0.05, 0.1) is 16.6 Å². The first-order chi connectivity index (χ1) is 15.2. The van der Waals surface area contributed by atoms with Gasteiger partial charge in [-0.05, 0) is 38.5 Å². The zero-order valence-electron chi connectivity index (χ0n) is 18.7. The highest BCUT2D eigenvalue weighted by Crippen LogP contribution is 2.16. The minimum atomic E-state index is -3.31. The third-order valence-electron chi connectivity index (χ3n) is 5.49. The van der Waals surface area contributed by atoms with Crippen LogP contribution < -0.4 is 5.32 Å². The van der Waals surface area contributed by atoms with Gasteiger partial charge < -0.3 is 14.7 Å². The van der Waals surface area contributed by atoms with Crippen LogP contribution in [0.4, 0.5) is 0 Å². The summed E-state index contributed by atoms with van der Waals surface area (Å²) in [6.45, 7) is 8.90. The molecule has 0 aliphatic carbocycles. The molecule has 1 aromatic carbocycles. The Balaban J connectivity index is 1.38. The van der Waals surface area contributed by atoms with Gasteiger partial charge in [-0.1, -0.05) is 17.3 Å².